The van der Waals surface area contributed by atoms with Gasteiger partial charge < -0.3 is 4.90 Å². The van der Waals surface area contributed by atoms with Gasteiger partial charge in [-0.1, -0.05) is 15.9 Å². The third kappa shape index (κ3) is 2.47. The second-order valence-electron chi connectivity index (χ2n) is 3.36. The Bertz CT molecular complexity index is 465. The van der Waals surface area contributed by atoms with Crippen molar-refractivity contribution in [1.29, 1.82) is 0 Å². The smallest absolute Gasteiger partial charge is 0.259 e. The van der Waals surface area contributed by atoms with Gasteiger partial charge in [-0.05, 0) is 0 Å². The van der Waals surface area contributed by atoms with Gasteiger partial charge in [-0.2, -0.15) is 0 Å². The van der Waals surface area contributed by atoms with Gasteiger partial charge in [0.25, 0.3) is 5.91 Å². The molecular formula is C10H7BrF5NO. The van der Waals surface area contributed by atoms with E-state index < -0.39 is 40.6 Å². The normalized spacial score (nSPS) is 10.6. The van der Waals surface area contributed by atoms with Gasteiger partial charge in [0, 0.05) is 18.9 Å². The van der Waals surface area contributed by atoms with E-state index >= 15 is 0 Å². The predicted octanol–water partition coefficient (Wildman–Crippen LogP) is 2.85. The summed E-state index contributed by atoms with van der Waals surface area (Å²) >= 11 is 2.98. The number of halogens is 6. The number of hydrogen-bond donors (Lipinski definition) is 0. The lowest BCUT2D eigenvalue weighted by Gasteiger charge is -2.17. The molecule has 2 nitrogen and oxygen atoms in total. The third-order valence-corrected chi connectivity index (χ3v) is 2.54. The number of nitrogens with zero attached hydrogens (tertiary/aromatic N) is 1. The average Bonchev–Trinajstić information content (AvgIpc) is 2.34. The predicted molar refractivity (Wildman–Crippen MR) is 57.0 cm³/mol. The topological polar surface area (TPSA) is 20.3 Å². The first-order chi connectivity index (χ1) is 8.32. The van der Waals surface area contributed by atoms with E-state index in [0.29, 0.717) is 5.33 Å². The van der Waals surface area contributed by atoms with Crippen LogP contribution in [0.2, 0.25) is 0 Å². The van der Waals surface area contributed by atoms with Crippen molar-refractivity contribution in [3.8, 4) is 0 Å². The van der Waals surface area contributed by atoms with Gasteiger partial charge in [0.15, 0.2) is 23.3 Å². The third-order valence-electron chi connectivity index (χ3n) is 2.19. The summed E-state index contributed by atoms with van der Waals surface area (Å²) < 4.78 is 65.0. The Balaban J connectivity index is 3.37. The van der Waals surface area contributed by atoms with E-state index in [1.807, 2.05) is 0 Å². The lowest BCUT2D eigenvalue weighted by Crippen LogP contribution is -2.31. The van der Waals surface area contributed by atoms with Gasteiger partial charge in [0.2, 0.25) is 5.82 Å². The fourth-order valence-corrected chi connectivity index (χ4v) is 1.74. The number of amides is 1. The molecule has 0 bridgehead atoms. The largest absolute Gasteiger partial charge is 0.341 e. The van der Waals surface area contributed by atoms with Crippen molar-refractivity contribution >= 4 is 21.8 Å². The Kier molecular flexibility index (Phi) is 4.66. The van der Waals surface area contributed by atoms with Crippen molar-refractivity contribution in [2.45, 2.75) is 0 Å². The van der Waals surface area contributed by atoms with Gasteiger partial charge in [-0.3, -0.25) is 4.79 Å². The molecule has 1 amide bonds. The van der Waals surface area contributed by atoms with Crippen molar-refractivity contribution in [2.24, 2.45) is 0 Å². The molecule has 0 aliphatic carbocycles. The molecule has 0 saturated carbocycles. The zero-order chi connectivity index (χ0) is 14.0. The highest BCUT2D eigenvalue weighted by Gasteiger charge is 2.30. The number of benzene rings is 1. The lowest BCUT2D eigenvalue weighted by molar-refractivity contribution is 0.0791. The Labute approximate surface area is 108 Å². The molecule has 1 aromatic rings. The monoisotopic (exact) mass is 331 g/mol. The SMILES string of the molecule is CN(CCBr)C(=O)c1c(F)c(F)c(F)c(F)c1F. The highest BCUT2D eigenvalue weighted by atomic mass is 79.9. The molecule has 0 saturated heterocycles. The van der Waals surface area contributed by atoms with E-state index in [1.165, 1.54) is 7.05 Å². The zero-order valence-corrected chi connectivity index (χ0v) is 10.6. The maximum Gasteiger partial charge on any atom is 0.259 e. The second-order valence-corrected chi connectivity index (χ2v) is 4.15. The molecule has 1 aromatic carbocycles. The molecule has 0 aromatic heterocycles. The summed E-state index contributed by atoms with van der Waals surface area (Å²) in [7, 11) is 1.18. The molecule has 8 heteroatoms. The number of alkyl halides is 1. The molecule has 0 atom stereocenters. The summed E-state index contributed by atoms with van der Waals surface area (Å²) in [6, 6.07) is 0. The van der Waals surface area contributed by atoms with Crippen LogP contribution in [-0.4, -0.2) is 29.7 Å². The van der Waals surface area contributed by atoms with E-state index in [4.69, 9.17) is 0 Å². The number of carbonyl (C=O) groups is 1. The van der Waals surface area contributed by atoms with Gasteiger partial charge >= 0.3 is 0 Å². The Morgan fingerprint density at radius 2 is 1.39 bits per heavy atom. The van der Waals surface area contributed by atoms with Crippen LogP contribution in [0.25, 0.3) is 0 Å². The maximum absolute atomic E-state index is 13.3. The maximum atomic E-state index is 13.3. The molecule has 0 heterocycles. The molecule has 0 spiro atoms. The summed E-state index contributed by atoms with van der Waals surface area (Å²) in [6.45, 7) is 0.0539. The van der Waals surface area contributed by atoms with Crippen molar-refractivity contribution in [1.82, 2.24) is 4.90 Å². The fourth-order valence-electron chi connectivity index (χ4n) is 1.21. The van der Waals surface area contributed by atoms with E-state index in [2.05, 4.69) is 15.9 Å². The molecule has 1 rings (SSSR count). The Hall–Kier alpha value is -1.18. The van der Waals surface area contributed by atoms with Crippen LogP contribution < -0.4 is 0 Å². The summed E-state index contributed by atoms with van der Waals surface area (Å²) in [5.74, 6) is -12.1. The molecule has 0 N–H and O–H groups in total. The molecule has 0 aliphatic rings. The van der Waals surface area contributed by atoms with Crippen LogP contribution in [0.4, 0.5) is 22.0 Å². The van der Waals surface area contributed by atoms with Crippen molar-refractivity contribution < 1.29 is 26.7 Å². The number of hydrogen-bond acceptors (Lipinski definition) is 1. The Morgan fingerprint density at radius 1 is 1.00 bits per heavy atom. The molecule has 0 unspecified atom stereocenters. The van der Waals surface area contributed by atoms with Crippen LogP contribution in [0.1, 0.15) is 10.4 Å². The van der Waals surface area contributed by atoms with Crippen molar-refractivity contribution in [3.63, 3.8) is 0 Å². The van der Waals surface area contributed by atoms with Gasteiger partial charge in [0.1, 0.15) is 5.56 Å². The second kappa shape index (κ2) is 5.64. The fraction of sp³-hybridized carbons (Fsp3) is 0.300. The van der Waals surface area contributed by atoms with Crippen LogP contribution in [0, 0.1) is 29.1 Å². The van der Waals surface area contributed by atoms with Gasteiger partial charge in [0.05, 0.1) is 0 Å². The molecule has 100 valence electrons. The van der Waals surface area contributed by atoms with E-state index in [-0.39, 0.29) is 6.54 Å². The lowest BCUT2D eigenvalue weighted by atomic mass is 10.1. The summed E-state index contributed by atoms with van der Waals surface area (Å²) in [5.41, 5.74) is -1.45. The van der Waals surface area contributed by atoms with Crippen molar-refractivity contribution in [3.05, 3.63) is 34.6 Å². The van der Waals surface area contributed by atoms with E-state index in [0.717, 1.165) is 4.90 Å². The molecule has 0 aliphatic heterocycles. The summed E-state index contributed by atoms with van der Waals surface area (Å²) in [6.07, 6.45) is 0. The first kappa shape index (κ1) is 14.9. The molecule has 0 radical (unpaired) electrons. The van der Waals surface area contributed by atoms with Crippen molar-refractivity contribution in [2.75, 3.05) is 18.9 Å². The molecule has 18 heavy (non-hydrogen) atoms. The average molecular weight is 332 g/mol. The first-order valence-corrected chi connectivity index (χ1v) is 5.77. The highest BCUT2D eigenvalue weighted by molar-refractivity contribution is 9.09. The van der Waals surface area contributed by atoms with Gasteiger partial charge in [-0.25, -0.2) is 22.0 Å². The Morgan fingerprint density at radius 3 is 1.78 bits per heavy atom. The molecular weight excluding hydrogens is 325 g/mol. The van der Waals surface area contributed by atoms with Crippen LogP contribution in [-0.2, 0) is 0 Å². The van der Waals surface area contributed by atoms with E-state index in [9.17, 15) is 26.7 Å². The standard InChI is InChI=1S/C10H7BrF5NO/c1-17(3-2-11)10(18)4-5(12)7(14)9(16)8(15)6(4)13/h2-3H2,1H3. The van der Waals surface area contributed by atoms with Crippen LogP contribution in [0.15, 0.2) is 0 Å². The highest BCUT2D eigenvalue weighted by Crippen LogP contribution is 2.23. The van der Waals surface area contributed by atoms with Crippen LogP contribution in [0.3, 0.4) is 0 Å². The quantitative estimate of drug-likeness (QED) is 0.361. The van der Waals surface area contributed by atoms with E-state index in [1.54, 1.807) is 0 Å². The number of carbonyl (C=O) groups excluding carboxylic acids is 1. The molecule has 0 fully saturated rings. The summed E-state index contributed by atoms with van der Waals surface area (Å²) in [5, 5.41) is 0.296. The van der Waals surface area contributed by atoms with Crippen LogP contribution in [0.5, 0.6) is 0 Å². The first-order valence-electron chi connectivity index (χ1n) is 4.65. The minimum atomic E-state index is -2.29. The number of rotatable bonds is 3. The minimum absolute atomic E-state index is 0.0539. The van der Waals surface area contributed by atoms with Crippen LogP contribution >= 0.6 is 15.9 Å². The minimum Gasteiger partial charge on any atom is -0.341 e. The zero-order valence-electron chi connectivity index (χ0n) is 9.04. The summed E-state index contributed by atoms with van der Waals surface area (Å²) in [4.78, 5) is 12.4. The van der Waals surface area contributed by atoms with Gasteiger partial charge in [-0.15, -0.1) is 0 Å².